The topological polar surface area (TPSA) is 29.0 Å². The molecule has 0 spiro atoms. The van der Waals surface area contributed by atoms with Crippen molar-refractivity contribution in [1.82, 2.24) is 9.97 Å². The summed E-state index contributed by atoms with van der Waals surface area (Å²) < 4.78 is 0. The number of aromatic nitrogens is 2. The van der Waals surface area contributed by atoms with Gasteiger partial charge in [-0.25, -0.2) is 9.97 Å². The van der Waals surface area contributed by atoms with Crippen LogP contribution in [0.3, 0.4) is 0 Å². The zero-order valence-corrected chi connectivity index (χ0v) is 14.8. The van der Waals surface area contributed by atoms with Crippen molar-refractivity contribution < 1.29 is 0 Å². The number of thiophene rings is 1. The Morgan fingerprint density at radius 2 is 2.00 bits per heavy atom. The van der Waals surface area contributed by atoms with Gasteiger partial charge in [0.05, 0.1) is 5.39 Å². The molecule has 0 saturated carbocycles. The molecule has 2 aromatic heterocycles. The molecule has 24 heavy (non-hydrogen) atoms. The molecule has 0 N–H and O–H groups in total. The first kappa shape index (κ1) is 14.4. The van der Waals surface area contributed by atoms with Crippen LogP contribution in [0.4, 0.5) is 5.82 Å². The highest BCUT2D eigenvalue weighted by Gasteiger charge is 2.26. The van der Waals surface area contributed by atoms with Crippen LogP contribution in [-0.4, -0.2) is 16.5 Å². The Morgan fingerprint density at radius 1 is 1.12 bits per heavy atom. The monoisotopic (exact) mass is 335 g/mol. The highest BCUT2D eigenvalue weighted by atomic mass is 32.1. The molecule has 4 heteroatoms. The summed E-state index contributed by atoms with van der Waals surface area (Å²) in [5.74, 6) is 1.95. The molecule has 1 aliphatic heterocycles. The Labute approximate surface area is 146 Å². The van der Waals surface area contributed by atoms with Crippen molar-refractivity contribution in [2.45, 2.75) is 39.2 Å². The summed E-state index contributed by atoms with van der Waals surface area (Å²) in [6.45, 7) is 4.37. The minimum absolute atomic E-state index is 0.795. The van der Waals surface area contributed by atoms with Gasteiger partial charge in [-0.3, -0.25) is 0 Å². The van der Waals surface area contributed by atoms with Crippen LogP contribution in [0.15, 0.2) is 30.6 Å². The van der Waals surface area contributed by atoms with Crippen molar-refractivity contribution in [3.05, 3.63) is 52.2 Å². The largest absolute Gasteiger partial charge is 0.351 e. The predicted molar refractivity (Wildman–Crippen MR) is 99.8 cm³/mol. The van der Waals surface area contributed by atoms with E-state index in [1.807, 2.05) is 11.3 Å². The number of benzene rings is 1. The van der Waals surface area contributed by atoms with Gasteiger partial charge >= 0.3 is 0 Å². The fourth-order valence-electron chi connectivity index (χ4n) is 4.17. The minimum atomic E-state index is 0.795. The molecule has 3 nitrogen and oxygen atoms in total. The summed E-state index contributed by atoms with van der Waals surface area (Å²) in [6.07, 6.45) is 6.53. The van der Waals surface area contributed by atoms with Crippen LogP contribution in [0.5, 0.6) is 0 Å². The highest BCUT2D eigenvalue weighted by molar-refractivity contribution is 7.19. The molecule has 1 unspecified atom stereocenters. The van der Waals surface area contributed by atoms with E-state index in [9.17, 15) is 0 Å². The van der Waals surface area contributed by atoms with Crippen molar-refractivity contribution >= 4 is 27.4 Å². The van der Waals surface area contributed by atoms with Gasteiger partial charge in [0.25, 0.3) is 0 Å². The van der Waals surface area contributed by atoms with Crippen LogP contribution in [0.2, 0.25) is 0 Å². The van der Waals surface area contributed by atoms with E-state index in [2.05, 4.69) is 41.1 Å². The Balaban J connectivity index is 1.61. The van der Waals surface area contributed by atoms with E-state index in [4.69, 9.17) is 4.98 Å². The molecule has 1 aromatic carbocycles. The zero-order chi connectivity index (χ0) is 16.1. The zero-order valence-electron chi connectivity index (χ0n) is 14.0. The van der Waals surface area contributed by atoms with Crippen LogP contribution < -0.4 is 4.90 Å². The first-order chi connectivity index (χ1) is 11.8. The normalized spacial score (nSPS) is 20.0. The fourth-order valence-corrected chi connectivity index (χ4v) is 5.52. The summed E-state index contributed by atoms with van der Waals surface area (Å²) in [5, 5.41) is 1.34. The highest BCUT2D eigenvalue weighted by Crippen LogP contribution is 2.41. The third-order valence-electron chi connectivity index (χ3n) is 5.50. The summed E-state index contributed by atoms with van der Waals surface area (Å²) in [4.78, 5) is 14.5. The molecule has 0 amide bonds. The standard InChI is InChI=1S/C20H21N3S/c1-13-6-7-16-17(10-13)24-20-18(16)19(21-12-22-20)23-9-8-14-4-2-3-5-15(14)11-23/h2-5,12-13H,6-11H2,1H3. The van der Waals surface area contributed by atoms with E-state index in [-0.39, 0.29) is 0 Å². The lowest BCUT2D eigenvalue weighted by molar-refractivity contribution is 0.509. The van der Waals surface area contributed by atoms with E-state index >= 15 is 0 Å². The van der Waals surface area contributed by atoms with Crippen LogP contribution >= 0.6 is 11.3 Å². The Morgan fingerprint density at radius 3 is 2.92 bits per heavy atom. The number of anilines is 1. The summed E-state index contributed by atoms with van der Waals surface area (Å²) in [5.41, 5.74) is 4.45. The van der Waals surface area contributed by atoms with Crippen molar-refractivity contribution in [2.24, 2.45) is 5.92 Å². The minimum Gasteiger partial charge on any atom is -0.351 e. The van der Waals surface area contributed by atoms with Gasteiger partial charge in [-0.2, -0.15) is 0 Å². The van der Waals surface area contributed by atoms with Crippen LogP contribution in [0.1, 0.15) is 34.9 Å². The SMILES string of the molecule is CC1CCc2c(sc3ncnc(N4CCc5ccccc5C4)c23)C1. The van der Waals surface area contributed by atoms with E-state index in [0.717, 1.165) is 31.2 Å². The van der Waals surface area contributed by atoms with E-state index in [1.165, 1.54) is 46.2 Å². The number of nitrogens with zero attached hydrogens (tertiary/aromatic N) is 3. The van der Waals surface area contributed by atoms with Gasteiger partial charge in [0.15, 0.2) is 0 Å². The second kappa shape index (κ2) is 5.55. The average molecular weight is 335 g/mol. The first-order valence-corrected chi connectivity index (χ1v) is 9.68. The molecule has 3 aromatic rings. The average Bonchev–Trinajstić information content (AvgIpc) is 2.98. The predicted octanol–water partition coefficient (Wildman–Crippen LogP) is 4.38. The summed E-state index contributed by atoms with van der Waals surface area (Å²) in [6, 6.07) is 8.81. The molecule has 0 saturated heterocycles. The molecule has 2 aliphatic rings. The first-order valence-electron chi connectivity index (χ1n) is 8.86. The van der Waals surface area contributed by atoms with E-state index < -0.39 is 0 Å². The molecule has 0 bridgehead atoms. The number of fused-ring (bicyclic) bond motifs is 4. The lowest BCUT2D eigenvalue weighted by atomic mass is 9.89. The smallest absolute Gasteiger partial charge is 0.141 e. The summed E-state index contributed by atoms with van der Waals surface area (Å²) >= 11 is 1.89. The second-order valence-electron chi connectivity index (χ2n) is 7.17. The molecule has 122 valence electrons. The molecular weight excluding hydrogens is 314 g/mol. The maximum atomic E-state index is 4.72. The lowest BCUT2D eigenvalue weighted by Crippen LogP contribution is -2.31. The lowest BCUT2D eigenvalue weighted by Gasteiger charge is -2.30. The third kappa shape index (κ3) is 2.24. The molecule has 3 heterocycles. The number of aryl methyl sites for hydroxylation is 1. The van der Waals surface area contributed by atoms with Crippen LogP contribution in [0.25, 0.3) is 10.2 Å². The second-order valence-corrected chi connectivity index (χ2v) is 8.25. The van der Waals surface area contributed by atoms with Gasteiger partial charge in [-0.1, -0.05) is 31.2 Å². The molecule has 1 aliphatic carbocycles. The van der Waals surface area contributed by atoms with Crippen LogP contribution in [0, 0.1) is 5.92 Å². The van der Waals surface area contributed by atoms with Crippen molar-refractivity contribution in [2.75, 3.05) is 11.4 Å². The molecular formula is C20H21N3S. The fraction of sp³-hybridized carbons (Fsp3) is 0.400. The molecule has 0 radical (unpaired) electrons. The Kier molecular flexibility index (Phi) is 3.33. The van der Waals surface area contributed by atoms with E-state index in [0.29, 0.717) is 0 Å². The van der Waals surface area contributed by atoms with Crippen molar-refractivity contribution in [3.8, 4) is 0 Å². The number of hydrogen-bond donors (Lipinski definition) is 0. The van der Waals surface area contributed by atoms with Gasteiger partial charge in [-0.05, 0) is 48.3 Å². The van der Waals surface area contributed by atoms with E-state index in [1.54, 1.807) is 11.2 Å². The van der Waals surface area contributed by atoms with Gasteiger partial charge in [0, 0.05) is 18.0 Å². The number of rotatable bonds is 1. The maximum Gasteiger partial charge on any atom is 0.141 e. The van der Waals surface area contributed by atoms with Gasteiger partial charge < -0.3 is 4.90 Å². The van der Waals surface area contributed by atoms with Crippen molar-refractivity contribution in [1.29, 1.82) is 0 Å². The number of hydrogen-bond acceptors (Lipinski definition) is 4. The van der Waals surface area contributed by atoms with Gasteiger partial charge in [0.1, 0.15) is 17.0 Å². The van der Waals surface area contributed by atoms with Crippen LogP contribution in [-0.2, 0) is 25.8 Å². The maximum absolute atomic E-state index is 4.72. The Hall–Kier alpha value is -1.94. The quantitative estimate of drug-likeness (QED) is 0.661. The van der Waals surface area contributed by atoms with Crippen molar-refractivity contribution in [3.63, 3.8) is 0 Å². The molecule has 5 rings (SSSR count). The molecule has 1 atom stereocenters. The molecule has 0 fully saturated rings. The van der Waals surface area contributed by atoms with Gasteiger partial charge in [-0.15, -0.1) is 11.3 Å². The Bertz CT molecular complexity index is 914. The third-order valence-corrected chi connectivity index (χ3v) is 6.66. The summed E-state index contributed by atoms with van der Waals surface area (Å²) in [7, 11) is 0. The van der Waals surface area contributed by atoms with Gasteiger partial charge in [0.2, 0.25) is 0 Å².